The zero-order valence-electron chi connectivity index (χ0n) is 25.5. The Bertz CT molecular complexity index is 1420. The smallest absolute Gasteiger partial charge is 0.410 e. The first-order valence-electron chi connectivity index (χ1n) is 15.9. The first-order chi connectivity index (χ1) is 22.1. The van der Waals surface area contributed by atoms with Crippen LogP contribution in [0.3, 0.4) is 0 Å². The van der Waals surface area contributed by atoms with Crippen LogP contribution in [0.15, 0.2) is 30.4 Å². The van der Waals surface area contributed by atoms with E-state index >= 15 is 0 Å². The highest BCUT2D eigenvalue weighted by molar-refractivity contribution is 6.30. The number of carbonyl (C=O) groups is 5. The van der Waals surface area contributed by atoms with Gasteiger partial charge in [0.25, 0.3) is 0 Å². The number of carboxylic acids is 1. The quantitative estimate of drug-likeness (QED) is 0.413. The third kappa shape index (κ3) is 6.95. The van der Waals surface area contributed by atoms with Crippen LogP contribution >= 0.6 is 11.6 Å². The Morgan fingerprint density at radius 3 is 2.67 bits per heavy atom. The van der Waals surface area contributed by atoms with E-state index < -0.39 is 59.8 Å². The molecule has 3 N–H and O–H groups in total. The zero-order valence-corrected chi connectivity index (χ0v) is 26.2. The fourth-order valence-electron chi connectivity index (χ4n) is 6.79. The Morgan fingerprint density at radius 1 is 1.07 bits per heavy atom. The number of fused-ring (bicyclic) bond motifs is 3. The van der Waals surface area contributed by atoms with Crippen molar-refractivity contribution in [3.05, 3.63) is 46.5 Å². The van der Waals surface area contributed by atoms with Gasteiger partial charge in [0.1, 0.15) is 29.8 Å². The normalized spacial score (nSPS) is 31.8. The van der Waals surface area contributed by atoms with Gasteiger partial charge in [-0.2, -0.15) is 0 Å². The second-order valence-corrected chi connectivity index (χ2v) is 13.2. The van der Waals surface area contributed by atoms with Crippen molar-refractivity contribution in [2.45, 2.75) is 94.3 Å². The Labute approximate surface area is 271 Å². The zero-order chi connectivity index (χ0) is 32.4. The van der Waals surface area contributed by atoms with Crippen LogP contribution in [-0.4, -0.2) is 94.5 Å². The third-order valence-electron chi connectivity index (χ3n) is 9.49. The number of alkyl carbamates (subject to hydrolysis) is 1. The fraction of sp³-hybridized carbons (Fsp3) is 0.594. The molecule has 248 valence electrons. The third-order valence-corrected chi connectivity index (χ3v) is 9.73. The summed E-state index contributed by atoms with van der Waals surface area (Å²) in [6.45, 7) is 1.31. The van der Waals surface area contributed by atoms with Crippen molar-refractivity contribution in [2.24, 2.45) is 5.92 Å². The molecule has 46 heavy (non-hydrogen) atoms. The molecule has 2 saturated heterocycles. The van der Waals surface area contributed by atoms with Gasteiger partial charge in [0.2, 0.25) is 11.8 Å². The molecule has 0 unspecified atom stereocenters. The Hall–Kier alpha value is -3.84. The number of carboxylic acid groups (broad SMARTS) is 1. The summed E-state index contributed by atoms with van der Waals surface area (Å²) in [5.74, 6) is -2.68. The average molecular weight is 659 g/mol. The summed E-state index contributed by atoms with van der Waals surface area (Å²) < 4.78 is 16.6. The molecule has 6 rings (SSSR count). The van der Waals surface area contributed by atoms with Gasteiger partial charge in [0.15, 0.2) is 0 Å². The predicted octanol–water partition coefficient (Wildman–Crippen LogP) is 3.13. The minimum atomic E-state index is -1.47. The highest BCUT2D eigenvalue weighted by Gasteiger charge is 2.61. The maximum absolute atomic E-state index is 14.1. The van der Waals surface area contributed by atoms with E-state index in [9.17, 15) is 29.1 Å². The average Bonchev–Trinajstić information content (AvgIpc) is 3.43. The molecule has 6 atom stereocenters. The summed E-state index contributed by atoms with van der Waals surface area (Å²) in [6.07, 6.45) is 5.21. The number of ether oxygens (including phenoxy) is 3. The van der Waals surface area contributed by atoms with Crippen LogP contribution in [0.2, 0.25) is 5.02 Å². The van der Waals surface area contributed by atoms with Gasteiger partial charge in [-0.05, 0) is 48.9 Å². The number of hydrogen-bond acceptors (Lipinski definition) is 8. The molecule has 5 aliphatic rings. The minimum absolute atomic E-state index is 0.0251. The number of amides is 4. The van der Waals surface area contributed by atoms with Crippen molar-refractivity contribution < 1.29 is 43.3 Å². The molecule has 1 aliphatic carbocycles. The van der Waals surface area contributed by atoms with Crippen LogP contribution < -0.4 is 10.6 Å². The summed E-state index contributed by atoms with van der Waals surface area (Å²) >= 11 is 6.12. The van der Waals surface area contributed by atoms with E-state index in [0.29, 0.717) is 44.0 Å². The molecule has 1 aromatic rings. The predicted molar refractivity (Wildman–Crippen MR) is 163 cm³/mol. The Kier molecular flexibility index (Phi) is 9.42. The van der Waals surface area contributed by atoms with Crippen LogP contribution in [0, 0.1) is 5.92 Å². The number of carbonyl (C=O) groups excluding carboxylic acids is 4. The van der Waals surface area contributed by atoms with E-state index in [-0.39, 0.29) is 31.9 Å². The number of rotatable bonds is 4. The maximum Gasteiger partial charge on any atom is 0.410 e. The number of nitrogens with one attached hydrogen (secondary N) is 2. The molecule has 1 aromatic carbocycles. The van der Waals surface area contributed by atoms with Gasteiger partial charge in [-0.25, -0.2) is 14.4 Å². The van der Waals surface area contributed by atoms with Crippen molar-refractivity contribution in [2.75, 3.05) is 19.8 Å². The molecule has 4 aliphatic heterocycles. The Balaban J connectivity index is 1.20. The second kappa shape index (κ2) is 13.5. The molecule has 14 heteroatoms. The largest absolute Gasteiger partial charge is 0.479 e. The van der Waals surface area contributed by atoms with E-state index in [1.54, 1.807) is 12.1 Å². The lowest BCUT2D eigenvalue weighted by molar-refractivity contribution is -0.145. The SMILES string of the molecule is O=C(N[C@H]1CCCCC/C=C\[C@H]2C[C@@]2(C(=O)O)NC(=O)[C@@H]2C[C@@H](OC(=O)N3Cc4ccc(Cl)cc4C3)CN2C1=O)O[C@@H]1CCOC1. The standard InChI is InChI=1S/C32H39ClN4O9/c33-22-9-8-19-15-36(16-20(19)12-22)31(43)46-24-13-26-27(38)35-32(29(40)41)14-21(32)6-4-2-1-3-5-7-25(28(39)37(26)17-24)34-30(42)45-23-10-11-44-18-23/h4,6,8-9,12,21,23-26H,1-3,5,7,10-11,13-18H2,(H,34,42)(H,35,38)(H,40,41)/b6-4-/t21-,23+,24+,25-,26-,32+/m0/s1. The summed E-state index contributed by atoms with van der Waals surface area (Å²) in [4.78, 5) is 69.1. The van der Waals surface area contributed by atoms with Crippen molar-refractivity contribution in [1.82, 2.24) is 20.4 Å². The molecule has 0 aromatic heterocycles. The lowest BCUT2D eigenvalue weighted by atomic mass is 10.0. The fourth-order valence-corrected chi connectivity index (χ4v) is 6.98. The second-order valence-electron chi connectivity index (χ2n) is 12.7. The van der Waals surface area contributed by atoms with Crippen LogP contribution in [0.25, 0.3) is 0 Å². The number of halogens is 1. The van der Waals surface area contributed by atoms with E-state index in [4.69, 9.17) is 25.8 Å². The lowest BCUT2D eigenvalue weighted by Gasteiger charge is -2.29. The van der Waals surface area contributed by atoms with E-state index in [2.05, 4.69) is 10.6 Å². The maximum atomic E-state index is 14.1. The van der Waals surface area contributed by atoms with Crippen molar-refractivity contribution >= 4 is 41.6 Å². The molecular weight excluding hydrogens is 620 g/mol. The first-order valence-corrected chi connectivity index (χ1v) is 16.3. The minimum Gasteiger partial charge on any atom is -0.479 e. The molecule has 1 saturated carbocycles. The summed E-state index contributed by atoms with van der Waals surface area (Å²) in [7, 11) is 0. The summed E-state index contributed by atoms with van der Waals surface area (Å²) in [5.41, 5.74) is 0.395. The van der Waals surface area contributed by atoms with Crippen molar-refractivity contribution in [3.63, 3.8) is 0 Å². The highest BCUT2D eigenvalue weighted by Crippen LogP contribution is 2.45. The summed E-state index contributed by atoms with van der Waals surface area (Å²) in [5, 5.41) is 16.0. The number of aliphatic carboxylic acids is 1. The molecule has 4 amide bonds. The first kappa shape index (κ1) is 32.1. The number of benzene rings is 1. The molecule has 0 bridgehead atoms. The molecule has 3 fully saturated rings. The number of nitrogens with zero attached hydrogens (tertiary/aromatic N) is 2. The summed E-state index contributed by atoms with van der Waals surface area (Å²) in [6, 6.07) is 3.30. The number of allylic oxidation sites excluding steroid dienone is 1. The Morgan fingerprint density at radius 2 is 1.89 bits per heavy atom. The molecule has 0 spiro atoms. The van der Waals surface area contributed by atoms with Gasteiger partial charge in [0.05, 0.1) is 19.8 Å². The molecular formula is C32H39ClN4O9. The van der Waals surface area contributed by atoms with Crippen LogP contribution in [0.1, 0.15) is 62.5 Å². The van der Waals surface area contributed by atoms with Crippen LogP contribution in [-0.2, 0) is 41.7 Å². The van der Waals surface area contributed by atoms with E-state index in [0.717, 1.165) is 30.4 Å². The van der Waals surface area contributed by atoms with Crippen molar-refractivity contribution in [3.8, 4) is 0 Å². The van der Waals surface area contributed by atoms with Crippen LogP contribution in [0.4, 0.5) is 9.59 Å². The van der Waals surface area contributed by atoms with Gasteiger partial charge < -0.3 is 34.9 Å². The molecule has 13 nitrogen and oxygen atoms in total. The topological polar surface area (TPSA) is 164 Å². The molecule has 0 radical (unpaired) electrons. The van der Waals surface area contributed by atoms with Gasteiger partial charge >= 0.3 is 18.2 Å². The van der Waals surface area contributed by atoms with Crippen LogP contribution in [0.5, 0.6) is 0 Å². The van der Waals surface area contributed by atoms with E-state index in [1.807, 2.05) is 18.2 Å². The number of hydrogen-bond donors (Lipinski definition) is 3. The van der Waals surface area contributed by atoms with E-state index in [1.165, 1.54) is 9.80 Å². The monoisotopic (exact) mass is 658 g/mol. The molecule has 4 heterocycles. The van der Waals surface area contributed by atoms with Crippen molar-refractivity contribution in [1.29, 1.82) is 0 Å². The van der Waals surface area contributed by atoms with Gasteiger partial charge in [-0.15, -0.1) is 0 Å². The highest BCUT2D eigenvalue weighted by atomic mass is 35.5. The lowest BCUT2D eigenvalue weighted by Crippen LogP contribution is -2.56. The van der Waals surface area contributed by atoms with Gasteiger partial charge in [0, 0.05) is 36.9 Å². The van der Waals surface area contributed by atoms with Gasteiger partial charge in [-0.3, -0.25) is 14.5 Å². The van der Waals surface area contributed by atoms with Gasteiger partial charge in [-0.1, -0.05) is 42.7 Å².